The fraction of sp³-hybridized carbons (Fsp3) is 0.154. The SMILES string of the molecule is COc1ccc(/C(O)=C2/C(=O)C(=O)N(c3cc(C)ccc3C)C2c2ccccc2)cc1Cl. The maximum Gasteiger partial charge on any atom is 0.300 e. The van der Waals surface area contributed by atoms with Crippen molar-refractivity contribution >= 4 is 34.7 Å². The van der Waals surface area contributed by atoms with Crippen LogP contribution in [0.5, 0.6) is 5.75 Å². The lowest BCUT2D eigenvalue weighted by molar-refractivity contribution is -0.132. The van der Waals surface area contributed by atoms with Crippen LogP contribution in [0.25, 0.3) is 5.76 Å². The summed E-state index contributed by atoms with van der Waals surface area (Å²) in [5.74, 6) is -1.27. The van der Waals surface area contributed by atoms with Crippen molar-refractivity contribution in [3.05, 3.63) is 99.6 Å². The molecule has 162 valence electrons. The summed E-state index contributed by atoms with van der Waals surface area (Å²) in [6.45, 7) is 3.82. The molecule has 1 aliphatic rings. The number of benzene rings is 3. The molecule has 6 heteroatoms. The number of hydrogen-bond acceptors (Lipinski definition) is 4. The zero-order chi connectivity index (χ0) is 23.0. The highest BCUT2D eigenvalue weighted by molar-refractivity contribution is 6.51. The Hall–Kier alpha value is -3.57. The van der Waals surface area contributed by atoms with Gasteiger partial charge in [-0.2, -0.15) is 0 Å². The first-order valence-electron chi connectivity index (χ1n) is 10.1. The van der Waals surface area contributed by atoms with Crippen molar-refractivity contribution in [3.8, 4) is 5.75 Å². The number of ether oxygens (including phenoxy) is 1. The van der Waals surface area contributed by atoms with E-state index < -0.39 is 17.7 Å². The summed E-state index contributed by atoms with van der Waals surface area (Å²) >= 11 is 6.24. The predicted octanol–water partition coefficient (Wildman–Crippen LogP) is 5.59. The monoisotopic (exact) mass is 447 g/mol. The van der Waals surface area contributed by atoms with E-state index in [4.69, 9.17) is 16.3 Å². The first-order valence-corrected chi connectivity index (χ1v) is 10.5. The normalized spacial score (nSPS) is 17.6. The molecule has 5 nitrogen and oxygen atoms in total. The van der Waals surface area contributed by atoms with Crippen LogP contribution >= 0.6 is 11.6 Å². The average Bonchev–Trinajstić information content (AvgIpc) is 3.06. The third-order valence-electron chi connectivity index (χ3n) is 5.61. The molecule has 1 heterocycles. The third kappa shape index (κ3) is 3.65. The van der Waals surface area contributed by atoms with Gasteiger partial charge in [0.1, 0.15) is 11.5 Å². The molecule has 1 N–H and O–H groups in total. The zero-order valence-electron chi connectivity index (χ0n) is 17.9. The smallest absolute Gasteiger partial charge is 0.300 e. The summed E-state index contributed by atoms with van der Waals surface area (Å²) in [6.07, 6.45) is 0. The van der Waals surface area contributed by atoms with Crippen LogP contribution in [0.2, 0.25) is 5.02 Å². The van der Waals surface area contributed by atoms with Crippen LogP contribution in [0.4, 0.5) is 5.69 Å². The Morgan fingerprint density at radius 3 is 2.38 bits per heavy atom. The topological polar surface area (TPSA) is 66.8 Å². The molecule has 3 aromatic rings. The van der Waals surface area contributed by atoms with Crippen LogP contribution < -0.4 is 9.64 Å². The van der Waals surface area contributed by atoms with Gasteiger partial charge in [0.05, 0.1) is 23.7 Å². The molecule has 4 rings (SSSR count). The van der Waals surface area contributed by atoms with Crippen molar-refractivity contribution in [3.63, 3.8) is 0 Å². The van der Waals surface area contributed by atoms with Crippen LogP contribution in [0.15, 0.2) is 72.3 Å². The Labute approximate surface area is 191 Å². The molecular formula is C26H22ClNO4. The van der Waals surface area contributed by atoms with E-state index in [2.05, 4.69) is 0 Å². The number of rotatable bonds is 4. The molecule has 0 spiro atoms. The minimum Gasteiger partial charge on any atom is -0.507 e. The Morgan fingerprint density at radius 2 is 1.72 bits per heavy atom. The van der Waals surface area contributed by atoms with E-state index in [1.165, 1.54) is 18.1 Å². The van der Waals surface area contributed by atoms with Gasteiger partial charge in [-0.15, -0.1) is 0 Å². The molecule has 0 aliphatic carbocycles. The molecule has 1 aliphatic heterocycles. The molecule has 1 saturated heterocycles. The Bertz CT molecular complexity index is 1250. The Kier molecular flexibility index (Phi) is 5.76. The predicted molar refractivity (Wildman–Crippen MR) is 125 cm³/mol. The summed E-state index contributed by atoms with van der Waals surface area (Å²) in [5, 5.41) is 11.5. The number of ketones is 1. The molecule has 0 aromatic heterocycles. The lowest BCUT2D eigenvalue weighted by atomic mass is 9.95. The van der Waals surface area contributed by atoms with Gasteiger partial charge < -0.3 is 9.84 Å². The van der Waals surface area contributed by atoms with Crippen molar-refractivity contribution in [1.29, 1.82) is 0 Å². The van der Waals surface area contributed by atoms with Crippen molar-refractivity contribution in [2.24, 2.45) is 0 Å². The van der Waals surface area contributed by atoms with Crippen molar-refractivity contribution in [2.45, 2.75) is 19.9 Å². The van der Waals surface area contributed by atoms with Gasteiger partial charge in [0.15, 0.2) is 0 Å². The number of halogens is 1. The molecule has 1 atom stereocenters. The molecule has 1 unspecified atom stereocenters. The Morgan fingerprint density at radius 1 is 1.00 bits per heavy atom. The van der Waals surface area contributed by atoms with E-state index in [0.717, 1.165) is 11.1 Å². The van der Waals surface area contributed by atoms with E-state index in [9.17, 15) is 14.7 Å². The van der Waals surface area contributed by atoms with E-state index in [0.29, 0.717) is 22.6 Å². The highest BCUT2D eigenvalue weighted by Gasteiger charge is 2.47. The van der Waals surface area contributed by atoms with E-state index in [-0.39, 0.29) is 16.4 Å². The van der Waals surface area contributed by atoms with Crippen molar-refractivity contribution < 1.29 is 19.4 Å². The molecule has 0 saturated carbocycles. The minimum absolute atomic E-state index is 0.0170. The number of aliphatic hydroxyl groups is 1. The number of carbonyl (C=O) groups excluding carboxylic acids is 2. The van der Waals surface area contributed by atoms with Gasteiger partial charge in [0.25, 0.3) is 11.7 Å². The lowest BCUT2D eigenvalue weighted by Crippen LogP contribution is -2.30. The summed E-state index contributed by atoms with van der Waals surface area (Å²) in [6, 6.07) is 18.9. The van der Waals surface area contributed by atoms with Crippen molar-refractivity contribution in [2.75, 3.05) is 12.0 Å². The number of methoxy groups -OCH3 is 1. The first-order chi connectivity index (χ1) is 15.3. The second-order valence-electron chi connectivity index (χ2n) is 7.72. The molecule has 1 amide bonds. The highest BCUT2D eigenvalue weighted by Crippen LogP contribution is 2.43. The number of amides is 1. The van der Waals surface area contributed by atoms with E-state index in [1.807, 2.05) is 62.4 Å². The summed E-state index contributed by atoms with van der Waals surface area (Å²) in [7, 11) is 1.49. The fourth-order valence-electron chi connectivity index (χ4n) is 3.98. The number of nitrogens with zero attached hydrogens (tertiary/aromatic N) is 1. The van der Waals surface area contributed by atoms with Crippen LogP contribution in [0.3, 0.4) is 0 Å². The average molecular weight is 448 g/mol. The number of aliphatic hydroxyl groups excluding tert-OH is 1. The van der Waals surface area contributed by atoms with Gasteiger partial charge in [0.2, 0.25) is 0 Å². The minimum atomic E-state index is -0.780. The number of hydrogen-bond donors (Lipinski definition) is 1. The largest absolute Gasteiger partial charge is 0.507 e. The van der Waals surface area contributed by atoms with Gasteiger partial charge in [-0.1, -0.05) is 54.1 Å². The van der Waals surface area contributed by atoms with E-state index >= 15 is 0 Å². The van der Waals surface area contributed by atoms with Gasteiger partial charge >= 0.3 is 0 Å². The van der Waals surface area contributed by atoms with Crippen LogP contribution in [-0.4, -0.2) is 23.9 Å². The van der Waals surface area contributed by atoms with Crippen LogP contribution in [0, 0.1) is 13.8 Å². The lowest BCUT2D eigenvalue weighted by Gasteiger charge is -2.27. The summed E-state index contributed by atoms with van der Waals surface area (Å²) in [5.41, 5.74) is 3.51. The van der Waals surface area contributed by atoms with Gasteiger partial charge in [0, 0.05) is 11.3 Å². The Balaban J connectivity index is 1.96. The van der Waals surface area contributed by atoms with E-state index in [1.54, 1.807) is 12.1 Å². The molecule has 0 bridgehead atoms. The highest BCUT2D eigenvalue weighted by atomic mass is 35.5. The maximum atomic E-state index is 13.3. The third-order valence-corrected chi connectivity index (χ3v) is 5.90. The summed E-state index contributed by atoms with van der Waals surface area (Å²) in [4.78, 5) is 27.9. The zero-order valence-corrected chi connectivity index (χ0v) is 18.7. The first kappa shape index (κ1) is 21.7. The number of aryl methyl sites for hydroxylation is 2. The molecule has 32 heavy (non-hydrogen) atoms. The van der Waals surface area contributed by atoms with Crippen molar-refractivity contribution in [1.82, 2.24) is 0 Å². The number of Topliss-reactive ketones (excluding diaryl/α,β-unsaturated/α-hetero) is 1. The van der Waals surface area contributed by atoms with Crippen LogP contribution in [0.1, 0.15) is 28.3 Å². The molecule has 3 aromatic carbocycles. The second-order valence-corrected chi connectivity index (χ2v) is 8.13. The van der Waals surface area contributed by atoms with Crippen LogP contribution in [-0.2, 0) is 9.59 Å². The fourth-order valence-corrected chi connectivity index (χ4v) is 4.24. The van der Waals surface area contributed by atoms with Gasteiger partial charge in [-0.3, -0.25) is 14.5 Å². The molecule has 1 fully saturated rings. The second kappa shape index (κ2) is 8.52. The quantitative estimate of drug-likeness (QED) is 0.321. The summed E-state index contributed by atoms with van der Waals surface area (Å²) < 4.78 is 5.17. The standard InChI is InChI=1S/C26H22ClNO4/c1-15-9-10-16(2)20(13-15)28-23(17-7-5-4-6-8-17)22(25(30)26(28)31)24(29)18-11-12-21(32-3)19(27)14-18/h4-14,23,29H,1-3H3/b24-22-. The molecular weight excluding hydrogens is 426 g/mol. The van der Waals surface area contributed by atoms with Gasteiger partial charge in [-0.25, -0.2) is 0 Å². The number of carbonyl (C=O) groups is 2. The molecule has 0 radical (unpaired) electrons. The number of anilines is 1. The van der Waals surface area contributed by atoms with Gasteiger partial charge in [-0.05, 0) is 54.8 Å². The maximum absolute atomic E-state index is 13.3.